The first-order valence-electron chi connectivity index (χ1n) is 8.48. The number of hydrogen-bond acceptors (Lipinski definition) is 6. The van der Waals surface area contributed by atoms with Gasteiger partial charge < -0.3 is 10.0 Å². The van der Waals surface area contributed by atoms with E-state index in [0.717, 1.165) is 24.1 Å². The van der Waals surface area contributed by atoms with Crippen LogP contribution in [0.2, 0.25) is 0 Å². The number of aryl methyl sites for hydroxylation is 1. The quantitative estimate of drug-likeness (QED) is 0.500. The van der Waals surface area contributed by atoms with Crippen molar-refractivity contribution < 1.29 is 18.4 Å². The normalized spacial score (nSPS) is 12.8. The summed E-state index contributed by atoms with van der Waals surface area (Å²) in [5.41, 5.74) is 1.29. The molecule has 1 N–H and O–H groups in total. The first-order chi connectivity index (χ1) is 11.6. The number of aromatic hydroxyl groups is 1. The highest BCUT2D eigenvalue weighted by Crippen LogP contribution is 2.34. The molecule has 0 spiro atoms. The van der Waals surface area contributed by atoms with E-state index in [2.05, 4.69) is 0 Å². The number of sulfone groups is 1. The second-order valence-electron chi connectivity index (χ2n) is 6.48. The van der Waals surface area contributed by atoms with Crippen molar-refractivity contribution in [3.63, 3.8) is 0 Å². The van der Waals surface area contributed by atoms with Crippen LogP contribution in [0.3, 0.4) is 0 Å². The van der Waals surface area contributed by atoms with Crippen LogP contribution in [0.25, 0.3) is 0 Å². The monoisotopic (exact) mass is 372 g/mol. The number of phenolic OH excluding ortho intramolecular Hbond substituents is 1. The lowest BCUT2D eigenvalue weighted by Gasteiger charge is -2.25. The van der Waals surface area contributed by atoms with Gasteiger partial charge in [0.2, 0.25) is 0 Å². The summed E-state index contributed by atoms with van der Waals surface area (Å²) < 4.78 is 22.7. The molecule has 142 valence electrons. The van der Waals surface area contributed by atoms with E-state index in [-0.39, 0.29) is 17.2 Å². The zero-order chi connectivity index (χ0) is 19.2. The molecule has 0 saturated heterocycles. The Bertz CT molecular complexity index is 703. The third-order valence-corrected chi connectivity index (χ3v) is 5.49. The second-order valence-corrected chi connectivity index (χ2v) is 8.74. The number of hydrogen-bond donors (Lipinski definition) is 1. The third kappa shape index (κ3) is 6.53. The van der Waals surface area contributed by atoms with Gasteiger partial charge in [-0.2, -0.15) is 0 Å². The van der Waals surface area contributed by atoms with E-state index in [1.54, 1.807) is 0 Å². The smallest absolute Gasteiger partial charge is 0.311 e. The molecule has 1 aromatic carbocycles. The van der Waals surface area contributed by atoms with E-state index in [1.807, 2.05) is 25.8 Å². The lowest BCUT2D eigenvalue weighted by atomic mass is 9.99. The fourth-order valence-corrected chi connectivity index (χ4v) is 3.59. The fraction of sp³-hybridized carbons (Fsp3) is 0.647. The Balaban J connectivity index is 2.84. The van der Waals surface area contributed by atoms with Crippen molar-refractivity contribution >= 4 is 21.2 Å². The summed E-state index contributed by atoms with van der Waals surface area (Å²) in [6, 6.07) is 2.86. The average Bonchev–Trinajstić information content (AvgIpc) is 2.53. The van der Waals surface area contributed by atoms with Gasteiger partial charge in [0.1, 0.15) is 9.84 Å². The fourth-order valence-electron chi connectivity index (χ4n) is 2.82. The second kappa shape index (κ2) is 9.03. The van der Waals surface area contributed by atoms with Crippen molar-refractivity contribution in [3.8, 4) is 5.75 Å². The van der Waals surface area contributed by atoms with Gasteiger partial charge in [-0.3, -0.25) is 10.1 Å². The first kappa shape index (κ1) is 21.2. The Labute approximate surface area is 149 Å². The molecule has 1 rings (SSSR count). The molecule has 1 aromatic rings. The summed E-state index contributed by atoms with van der Waals surface area (Å²) >= 11 is 0. The maximum Gasteiger partial charge on any atom is 0.311 e. The maximum absolute atomic E-state index is 11.3. The van der Waals surface area contributed by atoms with Crippen LogP contribution in [0.15, 0.2) is 12.1 Å². The molecule has 0 radical (unpaired) electrons. The van der Waals surface area contributed by atoms with Crippen molar-refractivity contribution in [1.29, 1.82) is 0 Å². The molecule has 0 bridgehead atoms. The molecular formula is C17H28N2O5S. The lowest BCUT2D eigenvalue weighted by molar-refractivity contribution is -0.385. The molecular weight excluding hydrogens is 344 g/mol. The summed E-state index contributed by atoms with van der Waals surface area (Å²) in [4.78, 5) is 12.3. The molecule has 1 atom stereocenters. The van der Waals surface area contributed by atoms with Crippen LogP contribution in [0.4, 0.5) is 11.4 Å². The van der Waals surface area contributed by atoms with E-state index in [1.165, 1.54) is 18.4 Å². The third-order valence-electron chi connectivity index (χ3n) is 4.51. The number of benzene rings is 1. The highest BCUT2D eigenvalue weighted by atomic mass is 32.2. The number of nitrogens with zero attached hydrogens (tertiary/aromatic N) is 2. The number of anilines is 1. The van der Waals surface area contributed by atoms with Gasteiger partial charge in [0.25, 0.3) is 0 Å². The minimum atomic E-state index is -2.96. The SMILES string of the molecule is CCc1cc([N+](=O)[O-])c(O)cc1N(C)CCC(CC)CCS(C)(=O)=O. The van der Waals surface area contributed by atoms with Crippen molar-refractivity contribution in [2.24, 2.45) is 5.92 Å². The number of nitro groups is 1. The molecule has 0 aliphatic carbocycles. The summed E-state index contributed by atoms with van der Waals surface area (Å²) in [5.74, 6) is 0.148. The van der Waals surface area contributed by atoms with Gasteiger partial charge in [0, 0.05) is 37.7 Å². The molecule has 0 heterocycles. The first-order valence-corrected chi connectivity index (χ1v) is 10.5. The van der Waals surface area contributed by atoms with Crippen molar-refractivity contribution in [3.05, 3.63) is 27.8 Å². The highest BCUT2D eigenvalue weighted by molar-refractivity contribution is 7.90. The molecule has 0 aromatic heterocycles. The Morgan fingerprint density at radius 2 is 1.92 bits per heavy atom. The number of nitro benzene ring substituents is 1. The largest absolute Gasteiger partial charge is 0.502 e. The van der Waals surface area contributed by atoms with Crippen LogP contribution >= 0.6 is 0 Å². The Kier molecular flexibility index (Phi) is 7.66. The van der Waals surface area contributed by atoms with Gasteiger partial charge in [0.05, 0.1) is 10.7 Å². The molecule has 1 unspecified atom stereocenters. The molecule has 0 aliphatic heterocycles. The van der Waals surface area contributed by atoms with Crippen LogP contribution in [0.1, 0.15) is 38.7 Å². The van der Waals surface area contributed by atoms with Crippen LogP contribution in [-0.4, -0.2) is 44.0 Å². The van der Waals surface area contributed by atoms with E-state index in [0.29, 0.717) is 25.3 Å². The minimum Gasteiger partial charge on any atom is -0.502 e. The lowest BCUT2D eigenvalue weighted by Crippen LogP contribution is -2.23. The number of rotatable bonds is 10. The Hall–Kier alpha value is -1.83. The summed E-state index contributed by atoms with van der Waals surface area (Å²) in [6.07, 6.45) is 4.22. The van der Waals surface area contributed by atoms with Crippen molar-refractivity contribution in [2.45, 2.75) is 39.5 Å². The standard InChI is InChI=1S/C17H28N2O5S/c1-5-13(8-10-25(4,23)24)7-9-18(3)15-12-17(20)16(19(21)22)11-14(15)6-2/h11-13,20H,5-10H2,1-4H3. The minimum absolute atomic E-state index is 0.188. The predicted octanol–water partition coefficient (Wildman–Crippen LogP) is 3.15. The van der Waals surface area contributed by atoms with Crippen LogP contribution in [-0.2, 0) is 16.3 Å². The van der Waals surface area contributed by atoms with Gasteiger partial charge in [-0.1, -0.05) is 20.3 Å². The Morgan fingerprint density at radius 3 is 2.40 bits per heavy atom. The van der Waals surface area contributed by atoms with Crippen molar-refractivity contribution in [2.75, 3.05) is 30.5 Å². The zero-order valence-corrected chi connectivity index (χ0v) is 16.2. The van der Waals surface area contributed by atoms with Gasteiger partial charge in [-0.15, -0.1) is 0 Å². The van der Waals surface area contributed by atoms with Crippen LogP contribution in [0, 0.1) is 16.0 Å². The van der Waals surface area contributed by atoms with E-state index < -0.39 is 14.8 Å². The van der Waals surface area contributed by atoms with Gasteiger partial charge in [0.15, 0.2) is 5.75 Å². The summed E-state index contributed by atoms with van der Waals surface area (Å²) in [7, 11) is -1.08. The molecule has 0 aliphatic rings. The molecule has 0 fully saturated rings. The molecule has 7 nitrogen and oxygen atoms in total. The predicted molar refractivity (Wildman–Crippen MR) is 100 cm³/mol. The topological polar surface area (TPSA) is 101 Å². The van der Waals surface area contributed by atoms with E-state index >= 15 is 0 Å². The zero-order valence-electron chi connectivity index (χ0n) is 15.4. The van der Waals surface area contributed by atoms with E-state index in [4.69, 9.17) is 0 Å². The maximum atomic E-state index is 11.3. The van der Waals surface area contributed by atoms with Crippen LogP contribution < -0.4 is 4.90 Å². The molecule has 8 heteroatoms. The van der Waals surface area contributed by atoms with Gasteiger partial charge in [-0.05, 0) is 30.7 Å². The summed E-state index contributed by atoms with van der Waals surface area (Å²) in [6.45, 7) is 4.64. The summed E-state index contributed by atoms with van der Waals surface area (Å²) in [5, 5.41) is 20.9. The average molecular weight is 372 g/mol. The molecule has 0 amide bonds. The van der Waals surface area contributed by atoms with Crippen molar-refractivity contribution in [1.82, 2.24) is 0 Å². The van der Waals surface area contributed by atoms with E-state index in [9.17, 15) is 23.6 Å². The highest BCUT2D eigenvalue weighted by Gasteiger charge is 2.19. The van der Waals surface area contributed by atoms with Gasteiger partial charge >= 0.3 is 5.69 Å². The number of phenols is 1. The van der Waals surface area contributed by atoms with Crippen LogP contribution in [0.5, 0.6) is 5.75 Å². The molecule has 0 saturated carbocycles. The Morgan fingerprint density at radius 1 is 1.28 bits per heavy atom. The van der Waals surface area contributed by atoms with Gasteiger partial charge in [-0.25, -0.2) is 8.42 Å². The molecule has 25 heavy (non-hydrogen) atoms.